The smallest absolute Gasteiger partial charge is 0.288 e. The van der Waals surface area contributed by atoms with Crippen molar-refractivity contribution in [1.82, 2.24) is 4.98 Å². The lowest BCUT2D eigenvalue weighted by atomic mass is 10.2. The van der Waals surface area contributed by atoms with Crippen LogP contribution < -0.4 is 5.32 Å². The lowest BCUT2D eigenvalue weighted by Gasteiger charge is -2.09. The third-order valence-electron chi connectivity index (χ3n) is 3.36. The number of carbonyl (C=O) groups excluding carboxylic acids is 1. The summed E-state index contributed by atoms with van der Waals surface area (Å²) in [4.78, 5) is 16.9. The highest BCUT2D eigenvalue weighted by atomic mass is 32.2. The maximum absolute atomic E-state index is 13.0. The Bertz CT molecular complexity index is 897. The number of thiazole rings is 1. The minimum atomic E-state index is -2.56. The second kappa shape index (κ2) is 8.37. The predicted molar refractivity (Wildman–Crippen MR) is 98.1 cm³/mol. The molecule has 0 bridgehead atoms. The van der Waals surface area contributed by atoms with Crippen LogP contribution in [-0.4, -0.2) is 16.6 Å². The van der Waals surface area contributed by atoms with E-state index in [-0.39, 0.29) is 18.1 Å². The summed E-state index contributed by atoms with van der Waals surface area (Å²) in [6.45, 7) is 0. The molecule has 0 fully saturated rings. The Kier molecular flexibility index (Phi) is 5.95. The number of thioether (sulfide) groups is 1. The number of nitrogens with one attached hydrogen (secondary N) is 1. The van der Waals surface area contributed by atoms with Crippen molar-refractivity contribution in [1.29, 1.82) is 0 Å². The van der Waals surface area contributed by atoms with Crippen LogP contribution in [0.5, 0.6) is 0 Å². The van der Waals surface area contributed by atoms with E-state index in [2.05, 4.69) is 10.3 Å². The molecule has 0 saturated carbocycles. The summed E-state index contributed by atoms with van der Waals surface area (Å²) >= 11 is 1.74. The molecule has 0 atom stereocenters. The number of benzene rings is 2. The Balaban J connectivity index is 1.67. The molecule has 3 rings (SSSR count). The van der Waals surface area contributed by atoms with Gasteiger partial charge in [0.1, 0.15) is 10.8 Å². The van der Waals surface area contributed by atoms with Gasteiger partial charge in [-0.25, -0.2) is 9.37 Å². The van der Waals surface area contributed by atoms with Crippen molar-refractivity contribution < 1.29 is 18.0 Å². The average molecular weight is 394 g/mol. The number of anilines is 1. The van der Waals surface area contributed by atoms with Gasteiger partial charge in [-0.3, -0.25) is 4.79 Å². The molecule has 3 aromatic rings. The number of aromatic nitrogens is 1. The number of carbonyl (C=O) groups is 1. The second-order valence-electron chi connectivity index (χ2n) is 5.25. The van der Waals surface area contributed by atoms with Crippen LogP contribution in [0.15, 0.2) is 58.8 Å². The predicted octanol–water partition coefficient (Wildman–Crippen LogP) is 5.45. The summed E-state index contributed by atoms with van der Waals surface area (Å²) in [5, 5.41) is 5.07. The van der Waals surface area contributed by atoms with Crippen LogP contribution in [0, 0.1) is 5.82 Å². The van der Waals surface area contributed by atoms with E-state index in [9.17, 15) is 18.0 Å². The zero-order valence-corrected chi connectivity index (χ0v) is 14.9. The highest BCUT2D eigenvalue weighted by Crippen LogP contribution is 2.31. The summed E-state index contributed by atoms with van der Waals surface area (Å²) in [6.07, 6.45) is 0.0192. The van der Waals surface area contributed by atoms with Crippen LogP contribution in [0.4, 0.5) is 18.9 Å². The lowest BCUT2D eigenvalue weighted by Crippen LogP contribution is -2.15. The standard InChI is InChI=1S/C18H13F3N2OS2/c19-12-7-5-11(6-8-12)17-22-13(10-25-17)9-16(24)23-14-3-1-2-4-15(14)26-18(20)21/h1-8,10,18H,9H2,(H,23,24). The third kappa shape index (κ3) is 4.86. The highest BCUT2D eigenvalue weighted by Gasteiger charge is 2.13. The van der Waals surface area contributed by atoms with Gasteiger partial charge in [-0.1, -0.05) is 23.9 Å². The fourth-order valence-electron chi connectivity index (χ4n) is 2.24. The minimum absolute atomic E-state index is 0.0192. The first-order valence-corrected chi connectivity index (χ1v) is 9.31. The van der Waals surface area contributed by atoms with Crippen LogP contribution in [-0.2, 0) is 11.2 Å². The Morgan fingerprint density at radius 3 is 2.62 bits per heavy atom. The van der Waals surface area contributed by atoms with Crippen molar-refractivity contribution in [2.45, 2.75) is 17.1 Å². The quantitative estimate of drug-likeness (QED) is 0.566. The molecular weight excluding hydrogens is 381 g/mol. The maximum atomic E-state index is 13.0. The van der Waals surface area contributed by atoms with Crippen molar-refractivity contribution in [2.24, 2.45) is 0 Å². The fraction of sp³-hybridized carbons (Fsp3) is 0.111. The van der Waals surface area contributed by atoms with Crippen LogP contribution in [0.3, 0.4) is 0 Å². The molecule has 0 spiro atoms. The molecule has 26 heavy (non-hydrogen) atoms. The fourth-order valence-corrected chi connectivity index (χ4v) is 3.66. The summed E-state index contributed by atoms with van der Waals surface area (Å²) < 4.78 is 38.2. The van der Waals surface area contributed by atoms with Crippen LogP contribution in [0.25, 0.3) is 10.6 Å². The molecule has 0 aliphatic carbocycles. The van der Waals surface area contributed by atoms with Gasteiger partial charge < -0.3 is 5.32 Å². The molecule has 1 heterocycles. The Morgan fingerprint density at radius 1 is 1.15 bits per heavy atom. The number of amides is 1. The number of para-hydroxylation sites is 1. The summed E-state index contributed by atoms with van der Waals surface area (Å²) in [7, 11) is 0. The number of halogens is 3. The highest BCUT2D eigenvalue weighted by molar-refractivity contribution is 7.99. The van der Waals surface area contributed by atoms with Crippen molar-refractivity contribution in [3.8, 4) is 10.6 Å². The van der Waals surface area contributed by atoms with E-state index in [4.69, 9.17) is 0 Å². The van der Waals surface area contributed by atoms with E-state index < -0.39 is 5.76 Å². The Labute approximate surface area is 156 Å². The van der Waals surface area contributed by atoms with E-state index in [1.165, 1.54) is 29.5 Å². The van der Waals surface area contributed by atoms with Gasteiger partial charge in [0.25, 0.3) is 5.76 Å². The van der Waals surface area contributed by atoms with Gasteiger partial charge in [0, 0.05) is 15.8 Å². The van der Waals surface area contributed by atoms with Crippen molar-refractivity contribution in [3.05, 3.63) is 65.4 Å². The summed E-state index contributed by atoms with van der Waals surface area (Å²) in [5.74, 6) is -3.24. The zero-order chi connectivity index (χ0) is 18.5. The molecule has 0 radical (unpaired) electrons. The van der Waals surface area contributed by atoms with Crippen molar-refractivity contribution in [2.75, 3.05) is 5.32 Å². The van der Waals surface area contributed by atoms with Gasteiger partial charge in [0.05, 0.1) is 17.8 Å². The van der Waals surface area contributed by atoms with Gasteiger partial charge in [-0.2, -0.15) is 8.78 Å². The molecule has 3 nitrogen and oxygen atoms in total. The summed E-state index contributed by atoms with van der Waals surface area (Å²) in [6, 6.07) is 12.3. The van der Waals surface area contributed by atoms with E-state index in [0.717, 1.165) is 5.56 Å². The molecule has 0 aliphatic heterocycles. The van der Waals surface area contributed by atoms with Gasteiger partial charge >= 0.3 is 0 Å². The molecule has 1 N–H and O–H groups in total. The van der Waals surface area contributed by atoms with Crippen molar-refractivity contribution in [3.63, 3.8) is 0 Å². The van der Waals surface area contributed by atoms with Crippen molar-refractivity contribution >= 4 is 34.7 Å². The molecular formula is C18H13F3N2OS2. The monoisotopic (exact) mass is 394 g/mol. The maximum Gasteiger partial charge on any atom is 0.288 e. The van der Waals surface area contributed by atoms with Gasteiger partial charge in [0.15, 0.2) is 0 Å². The van der Waals surface area contributed by atoms with E-state index >= 15 is 0 Å². The third-order valence-corrected chi connectivity index (χ3v) is 5.09. The largest absolute Gasteiger partial charge is 0.325 e. The van der Waals surface area contributed by atoms with E-state index in [1.807, 2.05) is 0 Å². The molecule has 8 heteroatoms. The number of nitrogens with zero attached hydrogens (tertiary/aromatic N) is 1. The first kappa shape index (κ1) is 18.5. The molecule has 0 unspecified atom stereocenters. The zero-order valence-electron chi connectivity index (χ0n) is 13.3. The SMILES string of the molecule is O=C(Cc1csc(-c2ccc(F)cc2)n1)Nc1ccccc1SC(F)F. The Hall–Kier alpha value is -2.32. The minimum Gasteiger partial charge on any atom is -0.325 e. The van der Waals surface area contributed by atoms with Gasteiger partial charge in [-0.05, 0) is 36.4 Å². The molecule has 0 aliphatic rings. The van der Waals surface area contributed by atoms with Crippen LogP contribution in [0.2, 0.25) is 0 Å². The van der Waals surface area contributed by atoms with Crippen LogP contribution in [0.1, 0.15) is 5.69 Å². The molecule has 1 amide bonds. The lowest BCUT2D eigenvalue weighted by molar-refractivity contribution is -0.115. The number of hydrogen-bond acceptors (Lipinski definition) is 4. The first-order valence-electron chi connectivity index (χ1n) is 7.55. The average Bonchev–Trinajstić information content (AvgIpc) is 3.05. The molecule has 2 aromatic carbocycles. The van der Waals surface area contributed by atoms with Gasteiger partial charge in [-0.15, -0.1) is 11.3 Å². The molecule has 1 aromatic heterocycles. The molecule has 134 valence electrons. The number of hydrogen-bond donors (Lipinski definition) is 1. The van der Waals surface area contributed by atoms with Crippen LogP contribution >= 0.6 is 23.1 Å². The number of rotatable bonds is 6. The number of alkyl halides is 2. The van der Waals surface area contributed by atoms with E-state index in [1.54, 1.807) is 35.7 Å². The second-order valence-corrected chi connectivity index (χ2v) is 7.14. The Morgan fingerprint density at radius 2 is 1.88 bits per heavy atom. The molecule has 0 saturated heterocycles. The van der Waals surface area contributed by atoms with Gasteiger partial charge in [0.2, 0.25) is 5.91 Å². The normalized spacial score (nSPS) is 10.9. The topological polar surface area (TPSA) is 42.0 Å². The summed E-state index contributed by atoms with van der Waals surface area (Å²) in [5.41, 5.74) is 1.67. The first-order chi connectivity index (χ1) is 12.5. The van der Waals surface area contributed by atoms with E-state index in [0.29, 0.717) is 33.0 Å².